The highest BCUT2D eigenvalue weighted by molar-refractivity contribution is 7.91. The van der Waals surface area contributed by atoms with E-state index < -0.39 is 21.9 Å². The van der Waals surface area contributed by atoms with E-state index in [1.165, 1.54) is 6.20 Å². The summed E-state index contributed by atoms with van der Waals surface area (Å²) in [4.78, 5) is 31.9. The van der Waals surface area contributed by atoms with Crippen LogP contribution in [-0.2, 0) is 14.6 Å². The summed E-state index contributed by atoms with van der Waals surface area (Å²) in [6.07, 6.45) is 3.39. The fourth-order valence-electron chi connectivity index (χ4n) is 3.37. The van der Waals surface area contributed by atoms with Gasteiger partial charge in [-0.25, -0.2) is 8.42 Å². The van der Waals surface area contributed by atoms with Gasteiger partial charge in [0.2, 0.25) is 5.91 Å². The zero-order valence-corrected chi connectivity index (χ0v) is 13.7. The van der Waals surface area contributed by atoms with Crippen molar-refractivity contribution in [3.05, 3.63) is 30.1 Å². The van der Waals surface area contributed by atoms with Crippen molar-refractivity contribution in [1.82, 2.24) is 14.8 Å². The number of amides is 2. The highest BCUT2D eigenvalue weighted by Crippen LogP contribution is 2.28. The molecule has 3 heterocycles. The molecule has 0 aromatic carbocycles. The molecule has 23 heavy (non-hydrogen) atoms. The van der Waals surface area contributed by atoms with Crippen LogP contribution in [0.2, 0.25) is 0 Å². The molecule has 0 aliphatic carbocycles. The van der Waals surface area contributed by atoms with E-state index in [2.05, 4.69) is 4.98 Å². The minimum absolute atomic E-state index is 0.0643. The maximum atomic E-state index is 12.7. The summed E-state index contributed by atoms with van der Waals surface area (Å²) in [6, 6.07) is 2.42. The van der Waals surface area contributed by atoms with Crippen LogP contribution in [0.5, 0.6) is 0 Å². The van der Waals surface area contributed by atoms with Crippen LogP contribution in [0.1, 0.15) is 23.7 Å². The van der Waals surface area contributed by atoms with Crippen molar-refractivity contribution in [3.63, 3.8) is 0 Å². The molecule has 0 saturated carbocycles. The van der Waals surface area contributed by atoms with Crippen LogP contribution in [0, 0.1) is 0 Å². The van der Waals surface area contributed by atoms with Crippen LogP contribution in [0.15, 0.2) is 24.5 Å². The van der Waals surface area contributed by atoms with E-state index in [4.69, 9.17) is 0 Å². The number of aromatic nitrogens is 1. The Balaban J connectivity index is 1.90. The molecule has 3 rings (SSSR count). The van der Waals surface area contributed by atoms with Crippen molar-refractivity contribution in [1.29, 1.82) is 0 Å². The first-order chi connectivity index (χ1) is 10.9. The predicted molar refractivity (Wildman–Crippen MR) is 83.5 cm³/mol. The van der Waals surface area contributed by atoms with Gasteiger partial charge in [-0.3, -0.25) is 14.6 Å². The highest BCUT2D eigenvalue weighted by atomic mass is 32.2. The first-order valence-electron chi connectivity index (χ1n) is 7.64. The maximum Gasteiger partial charge on any atom is 0.255 e. The molecule has 0 bridgehead atoms. The minimum Gasteiger partial charge on any atom is -0.335 e. The summed E-state index contributed by atoms with van der Waals surface area (Å²) in [7, 11) is -3.26. The largest absolute Gasteiger partial charge is 0.335 e. The number of rotatable bonds is 2. The molecule has 1 aromatic heterocycles. The van der Waals surface area contributed by atoms with E-state index in [9.17, 15) is 18.0 Å². The Morgan fingerprint density at radius 2 is 1.87 bits per heavy atom. The van der Waals surface area contributed by atoms with E-state index in [1.54, 1.807) is 35.1 Å². The second-order valence-corrected chi connectivity index (χ2v) is 8.05. The van der Waals surface area contributed by atoms with E-state index in [0.29, 0.717) is 25.1 Å². The number of carbonyl (C=O) groups excluding carboxylic acids is 2. The average molecular weight is 337 g/mol. The Labute approximate surface area is 135 Å². The number of pyridine rings is 1. The van der Waals surface area contributed by atoms with Crippen LogP contribution in [-0.4, -0.2) is 71.7 Å². The molecule has 2 aliphatic rings. The molecular formula is C15H19N3O4S. The minimum atomic E-state index is -3.26. The van der Waals surface area contributed by atoms with Gasteiger partial charge >= 0.3 is 0 Å². The van der Waals surface area contributed by atoms with Gasteiger partial charge in [0.05, 0.1) is 29.2 Å². The lowest BCUT2D eigenvalue weighted by Crippen LogP contribution is -2.61. The molecule has 0 spiro atoms. The number of piperazine rings is 1. The lowest BCUT2D eigenvalue weighted by atomic mass is 10.0. The lowest BCUT2D eigenvalue weighted by molar-refractivity contribution is -0.135. The molecule has 124 valence electrons. The quantitative estimate of drug-likeness (QED) is 0.754. The van der Waals surface area contributed by atoms with Crippen LogP contribution < -0.4 is 0 Å². The van der Waals surface area contributed by atoms with Crippen molar-refractivity contribution in [2.75, 3.05) is 24.6 Å². The van der Waals surface area contributed by atoms with Gasteiger partial charge in [0.1, 0.15) is 0 Å². The van der Waals surface area contributed by atoms with Crippen molar-refractivity contribution < 1.29 is 18.0 Å². The Morgan fingerprint density at radius 1 is 1.22 bits per heavy atom. The summed E-state index contributed by atoms with van der Waals surface area (Å²) < 4.78 is 24.1. The molecule has 0 radical (unpaired) electrons. The average Bonchev–Trinajstić information content (AvgIpc) is 2.88. The smallest absolute Gasteiger partial charge is 0.255 e. The van der Waals surface area contributed by atoms with Crippen molar-refractivity contribution in [3.8, 4) is 0 Å². The zero-order valence-electron chi connectivity index (χ0n) is 12.9. The number of carbonyl (C=O) groups is 2. The van der Waals surface area contributed by atoms with Crippen molar-refractivity contribution in [2.24, 2.45) is 0 Å². The molecule has 2 fully saturated rings. The molecule has 8 heteroatoms. The van der Waals surface area contributed by atoms with Crippen LogP contribution in [0.4, 0.5) is 0 Å². The van der Waals surface area contributed by atoms with Gasteiger partial charge in [-0.05, 0) is 12.1 Å². The molecule has 2 amide bonds. The topological polar surface area (TPSA) is 87.7 Å². The number of sulfone groups is 1. The molecule has 2 saturated heterocycles. The standard InChI is InChI=1S/C15H19N3O4S/c1-2-14(19)17-6-7-18(13-10-23(21,22)9-12(13)17)15(20)11-4-3-5-16-8-11/h3-5,8,12-13H,2,6-7,9-10H2,1H3/t12-,13+/m1/s1. The molecule has 7 nitrogen and oxygen atoms in total. The van der Waals surface area contributed by atoms with Crippen LogP contribution in [0.3, 0.4) is 0 Å². The van der Waals surface area contributed by atoms with Crippen molar-refractivity contribution in [2.45, 2.75) is 25.4 Å². The van der Waals surface area contributed by atoms with Crippen LogP contribution >= 0.6 is 0 Å². The summed E-state index contributed by atoms with van der Waals surface area (Å²) in [5.41, 5.74) is 0.436. The fourth-order valence-corrected chi connectivity index (χ4v) is 5.35. The third-order valence-corrected chi connectivity index (χ3v) is 6.17. The summed E-state index contributed by atoms with van der Waals surface area (Å²) in [5.74, 6) is -0.448. The Hall–Kier alpha value is -1.96. The number of fused-ring (bicyclic) bond motifs is 1. The number of hydrogen-bond acceptors (Lipinski definition) is 5. The summed E-state index contributed by atoms with van der Waals surface area (Å²) >= 11 is 0. The highest BCUT2D eigenvalue weighted by Gasteiger charge is 2.49. The molecule has 1 aromatic rings. The Kier molecular flexibility index (Phi) is 4.09. The number of nitrogens with zero attached hydrogens (tertiary/aromatic N) is 3. The van der Waals surface area contributed by atoms with Crippen molar-refractivity contribution >= 4 is 21.7 Å². The monoisotopic (exact) mass is 337 g/mol. The summed E-state index contributed by atoms with van der Waals surface area (Å²) in [6.45, 7) is 2.47. The molecule has 0 N–H and O–H groups in total. The lowest BCUT2D eigenvalue weighted by Gasteiger charge is -2.43. The second-order valence-electron chi connectivity index (χ2n) is 5.89. The van der Waals surface area contributed by atoms with E-state index in [1.807, 2.05) is 0 Å². The SMILES string of the molecule is CCC(=O)N1CCN(C(=O)c2cccnc2)[C@H]2CS(=O)(=O)C[C@H]21. The van der Waals surface area contributed by atoms with E-state index >= 15 is 0 Å². The van der Waals surface area contributed by atoms with Gasteiger partial charge < -0.3 is 9.80 Å². The number of hydrogen-bond donors (Lipinski definition) is 0. The summed E-state index contributed by atoms with van der Waals surface area (Å²) in [5, 5.41) is 0. The predicted octanol–water partition coefficient (Wildman–Crippen LogP) is -0.0584. The molecule has 2 atom stereocenters. The Bertz CT molecular complexity index is 719. The normalized spacial score (nSPS) is 26.0. The first kappa shape index (κ1) is 15.9. The first-order valence-corrected chi connectivity index (χ1v) is 9.46. The van der Waals surface area contributed by atoms with E-state index in [0.717, 1.165) is 0 Å². The third kappa shape index (κ3) is 2.95. The van der Waals surface area contributed by atoms with Gasteiger partial charge in [-0.15, -0.1) is 0 Å². The van der Waals surface area contributed by atoms with Gasteiger partial charge in [0, 0.05) is 31.9 Å². The molecule has 0 unspecified atom stereocenters. The third-order valence-electron chi connectivity index (χ3n) is 4.47. The fraction of sp³-hybridized carbons (Fsp3) is 0.533. The van der Waals surface area contributed by atoms with Gasteiger partial charge in [0.15, 0.2) is 9.84 Å². The van der Waals surface area contributed by atoms with Gasteiger partial charge in [-0.2, -0.15) is 0 Å². The van der Waals surface area contributed by atoms with Gasteiger partial charge in [0.25, 0.3) is 5.91 Å². The molecular weight excluding hydrogens is 318 g/mol. The van der Waals surface area contributed by atoms with Gasteiger partial charge in [-0.1, -0.05) is 6.92 Å². The van der Waals surface area contributed by atoms with E-state index in [-0.39, 0.29) is 23.3 Å². The van der Waals surface area contributed by atoms with Crippen LogP contribution in [0.25, 0.3) is 0 Å². The zero-order chi connectivity index (χ0) is 16.6. The second kappa shape index (κ2) is 5.92. The Morgan fingerprint density at radius 3 is 2.48 bits per heavy atom. The maximum absolute atomic E-state index is 12.7. The molecule has 2 aliphatic heterocycles.